The molecule has 0 aromatic heterocycles. The third-order valence-corrected chi connectivity index (χ3v) is 1.14. The van der Waals surface area contributed by atoms with E-state index in [1.165, 1.54) is 0 Å². The molecule has 0 aliphatic rings. The Morgan fingerprint density at radius 2 is 2.20 bits per heavy atom. The molecule has 0 spiro atoms. The Balaban J connectivity index is 2.84. The number of methoxy groups -OCH3 is 1. The largest absolute Gasteiger partial charge is 0.383 e. The lowest BCUT2D eigenvalue weighted by Crippen LogP contribution is -2.21. The van der Waals surface area contributed by atoms with Crippen molar-refractivity contribution < 1.29 is 9.53 Å². The molecule has 0 aliphatic heterocycles. The monoisotopic (exact) mass is 145 g/mol. The Morgan fingerprint density at radius 1 is 1.50 bits per heavy atom. The van der Waals surface area contributed by atoms with Gasteiger partial charge in [0.1, 0.15) is 5.78 Å². The van der Waals surface area contributed by atoms with Crippen LogP contribution in [-0.4, -0.2) is 32.6 Å². The minimum atomic E-state index is 0.227. The number of ether oxygens (including phenoxy) is 1. The van der Waals surface area contributed by atoms with E-state index in [-0.39, 0.29) is 5.78 Å². The number of nitrogens with one attached hydrogen (secondary N) is 1. The van der Waals surface area contributed by atoms with Gasteiger partial charge in [-0.3, -0.25) is 4.79 Å². The van der Waals surface area contributed by atoms with E-state index in [0.29, 0.717) is 13.0 Å². The van der Waals surface area contributed by atoms with Gasteiger partial charge in [-0.05, 0) is 6.92 Å². The highest BCUT2D eigenvalue weighted by atomic mass is 16.5. The van der Waals surface area contributed by atoms with Crippen molar-refractivity contribution in [1.82, 2.24) is 5.32 Å². The molecule has 0 unspecified atom stereocenters. The van der Waals surface area contributed by atoms with Gasteiger partial charge in [-0.2, -0.15) is 0 Å². The zero-order valence-corrected chi connectivity index (χ0v) is 6.64. The van der Waals surface area contributed by atoms with Crippen molar-refractivity contribution in [3.63, 3.8) is 0 Å². The van der Waals surface area contributed by atoms with Gasteiger partial charge in [0.15, 0.2) is 0 Å². The lowest BCUT2D eigenvalue weighted by Gasteiger charge is -2.00. The molecule has 0 fully saturated rings. The molecule has 0 radical (unpaired) electrons. The highest BCUT2D eigenvalue weighted by Crippen LogP contribution is 1.76. The van der Waals surface area contributed by atoms with E-state index < -0.39 is 0 Å². The van der Waals surface area contributed by atoms with Gasteiger partial charge >= 0.3 is 0 Å². The van der Waals surface area contributed by atoms with E-state index in [1.807, 2.05) is 0 Å². The van der Waals surface area contributed by atoms with Gasteiger partial charge in [0.05, 0.1) is 6.61 Å². The minimum absolute atomic E-state index is 0.227. The summed E-state index contributed by atoms with van der Waals surface area (Å²) in [5, 5.41) is 3.07. The quantitative estimate of drug-likeness (QED) is 0.543. The average molecular weight is 145 g/mol. The molecule has 0 rings (SSSR count). The van der Waals surface area contributed by atoms with Gasteiger partial charge in [-0.25, -0.2) is 0 Å². The molecular formula is C7H15NO2. The Morgan fingerprint density at radius 3 is 2.70 bits per heavy atom. The first kappa shape index (κ1) is 9.59. The number of hydrogen-bond donors (Lipinski definition) is 1. The summed E-state index contributed by atoms with van der Waals surface area (Å²) in [5.74, 6) is 0.227. The number of rotatable bonds is 6. The van der Waals surface area contributed by atoms with Crippen LogP contribution in [0.25, 0.3) is 0 Å². The number of carbonyl (C=O) groups excluding carboxylic acids is 1. The fraction of sp³-hybridized carbons (Fsp3) is 0.857. The van der Waals surface area contributed by atoms with Crippen molar-refractivity contribution in [2.24, 2.45) is 0 Å². The first-order valence-electron chi connectivity index (χ1n) is 3.46. The number of Topliss-reactive ketones (excluding diaryl/α,β-unsaturated/α-hetero) is 1. The van der Waals surface area contributed by atoms with E-state index in [0.717, 1.165) is 13.1 Å². The first-order chi connectivity index (χ1) is 4.77. The SMILES string of the molecule is COCCNCCC(C)=O. The van der Waals surface area contributed by atoms with Gasteiger partial charge in [-0.1, -0.05) is 0 Å². The van der Waals surface area contributed by atoms with Crippen LogP contribution in [0.5, 0.6) is 0 Å². The maximum Gasteiger partial charge on any atom is 0.131 e. The van der Waals surface area contributed by atoms with Gasteiger partial charge in [-0.15, -0.1) is 0 Å². The summed E-state index contributed by atoms with van der Waals surface area (Å²) in [6, 6.07) is 0. The molecule has 10 heavy (non-hydrogen) atoms. The average Bonchev–Trinajstić information content (AvgIpc) is 1.87. The van der Waals surface area contributed by atoms with Crippen molar-refractivity contribution in [1.29, 1.82) is 0 Å². The predicted octanol–water partition coefficient (Wildman–Crippen LogP) is 0.201. The summed E-state index contributed by atoms with van der Waals surface area (Å²) in [5.41, 5.74) is 0. The summed E-state index contributed by atoms with van der Waals surface area (Å²) >= 11 is 0. The van der Waals surface area contributed by atoms with E-state index in [9.17, 15) is 4.79 Å². The topological polar surface area (TPSA) is 38.3 Å². The molecule has 3 nitrogen and oxygen atoms in total. The molecule has 60 valence electrons. The normalized spacial score (nSPS) is 9.80. The van der Waals surface area contributed by atoms with Crippen molar-refractivity contribution in [3.05, 3.63) is 0 Å². The Labute approximate surface area is 61.8 Å². The second-order valence-electron chi connectivity index (χ2n) is 2.19. The third kappa shape index (κ3) is 7.59. The molecule has 0 amide bonds. The molecule has 0 bridgehead atoms. The number of hydrogen-bond acceptors (Lipinski definition) is 3. The molecule has 0 heterocycles. The maximum absolute atomic E-state index is 10.4. The minimum Gasteiger partial charge on any atom is -0.383 e. The maximum atomic E-state index is 10.4. The zero-order chi connectivity index (χ0) is 7.82. The lowest BCUT2D eigenvalue weighted by molar-refractivity contribution is -0.116. The highest BCUT2D eigenvalue weighted by molar-refractivity contribution is 5.75. The molecule has 0 saturated heterocycles. The Kier molecular flexibility index (Phi) is 6.43. The van der Waals surface area contributed by atoms with Crippen LogP contribution in [0.1, 0.15) is 13.3 Å². The summed E-state index contributed by atoms with van der Waals surface area (Å²) in [4.78, 5) is 10.4. The predicted molar refractivity (Wildman–Crippen MR) is 40.0 cm³/mol. The van der Waals surface area contributed by atoms with E-state index >= 15 is 0 Å². The summed E-state index contributed by atoms with van der Waals surface area (Å²) in [6.45, 7) is 3.89. The fourth-order valence-electron chi connectivity index (χ4n) is 0.564. The van der Waals surface area contributed by atoms with Gasteiger partial charge < -0.3 is 10.1 Å². The van der Waals surface area contributed by atoms with Crippen LogP contribution in [0.15, 0.2) is 0 Å². The van der Waals surface area contributed by atoms with Crippen molar-refractivity contribution >= 4 is 5.78 Å². The molecule has 0 aromatic carbocycles. The van der Waals surface area contributed by atoms with Crippen molar-refractivity contribution in [2.75, 3.05) is 26.8 Å². The molecule has 0 atom stereocenters. The smallest absolute Gasteiger partial charge is 0.131 e. The van der Waals surface area contributed by atoms with E-state index in [1.54, 1.807) is 14.0 Å². The standard InChI is InChI=1S/C7H15NO2/c1-7(9)3-4-8-5-6-10-2/h8H,3-6H2,1-2H3. The zero-order valence-electron chi connectivity index (χ0n) is 6.64. The highest BCUT2D eigenvalue weighted by Gasteiger charge is 1.90. The first-order valence-corrected chi connectivity index (χ1v) is 3.46. The summed E-state index contributed by atoms with van der Waals surface area (Å²) in [7, 11) is 1.66. The van der Waals surface area contributed by atoms with Crippen LogP contribution in [-0.2, 0) is 9.53 Å². The van der Waals surface area contributed by atoms with E-state index in [2.05, 4.69) is 5.32 Å². The second-order valence-corrected chi connectivity index (χ2v) is 2.19. The fourth-order valence-corrected chi connectivity index (χ4v) is 0.564. The van der Waals surface area contributed by atoms with Gasteiger partial charge in [0, 0.05) is 26.6 Å². The van der Waals surface area contributed by atoms with Crippen molar-refractivity contribution in [3.8, 4) is 0 Å². The summed E-state index contributed by atoms with van der Waals surface area (Å²) < 4.78 is 4.80. The number of carbonyl (C=O) groups is 1. The third-order valence-electron chi connectivity index (χ3n) is 1.14. The second kappa shape index (κ2) is 6.71. The molecule has 0 saturated carbocycles. The summed E-state index contributed by atoms with van der Waals surface area (Å²) in [6.07, 6.45) is 0.615. The van der Waals surface area contributed by atoms with Crippen LogP contribution in [0.4, 0.5) is 0 Å². The van der Waals surface area contributed by atoms with Crippen LogP contribution >= 0.6 is 0 Å². The lowest BCUT2D eigenvalue weighted by atomic mass is 10.3. The number of ketones is 1. The Hall–Kier alpha value is -0.410. The molecule has 3 heteroatoms. The molecule has 0 aliphatic carbocycles. The molecule has 1 N–H and O–H groups in total. The van der Waals surface area contributed by atoms with Gasteiger partial charge in [0.25, 0.3) is 0 Å². The molecular weight excluding hydrogens is 130 g/mol. The van der Waals surface area contributed by atoms with E-state index in [4.69, 9.17) is 4.74 Å². The molecule has 0 aromatic rings. The van der Waals surface area contributed by atoms with Crippen LogP contribution in [0.3, 0.4) is 0 Å². The van der Waals surface area contributed by atoms with Crippen molar-refractivity contribution in [2.45, 2.75) is 13.3 Å². The Bertz CT molecular complexity index is 93.6. The van der Waals surface area contributed by atoms with Gasteiger partial charge in [0.2, 0.25) is 0 Å². The van der Waals surface area contributed by atoms with Crippen LogP contribution < -0.4 is 5.32 Å². The van der Waals surface area contributed by atoms with Crippen LogP contribution in [0.2, 0.25) is 0 Å². The van der Waals surface area contributed by atoms with Crippen LogP contribution in [0, 0.1) is 0 Å².